The van der Waals surface area contributed by atoms with Crippen LogP contribution in [0.15, 0.2) is 35.1 Å². The minimum atomic E-state index is -4.58. The van der Waals surface area contributed by atoms with Crippen molar-refractivity contribution < 1.29 is 17.4 Å². The Bertz CT molecular complexity index is 1010. The van der Waals surface area contributed by atoms with Crippen molar-refractivity contribution in [1.29, 1.82) is 0 Å². The molecule has 3 aromatic rings. The molecule has 1 aromatic carbocycles. The first-order valence-corrected chi connectivity index (χ1v) is 9.54. The number of benzene rings is 1. The quantitative estimate of drug-likeness (QED) is 0.743. The number of halogens is 3. The average molecular weight is 386 g/mol. The fourth-order valence-corrected chi connectivity index (χ4v) is 4.93. The molecule has 0 aliphatic carbocycles. The third kappa shape index (κ3) is 3.98. The lowest BCUT2D eigenvalue weighted by Gasteiger charge is -2.07. The molecule has 4 nitrogen and oxygen atoms in total. The lowest BCUT2D eigenvalue weighted by Crippen LogP contribution is -2.15. The topological polar surface area (TPSA) is 62.8 Å². The summed E-state index contributed by atoms with van der Waals surface area (Å²) in [5.74, 6) is -0.402. The van der Waals surface area contributed by atoms with Gasteiger partial charge in [0.1, 0.15) is 0 Å². The molecule has 0 fully saturated rings. The summed E-state index contributed by atoms with van der Waals surface area (Å²) in [4.78, 5) is 18.2. The van der Waals surface area contributed by atoms with Crippen molar-refractivity contribution in [1.82, 2.24) is 9.97 Å². The molecule has 2 heterocycles. The Labute approximate surface area is 147 Å². The third-order valence-electron chi connectivity index (χ3n) is 3.51. The molecule has 1 atom stereocenters. The second-order valence-electron chi connectivity index (χ2n) is 5.44. The van der Waals surface area contributed by atoms with Gasteiger partial charge in [0.15, 0.2) is 5.69 Å². The standard InChI is InChI=1S/C16H13F3N2O2S2/c1-9-20-14(16(17,18)19)13(24-9)8-25(23)7-11-6-10-4-2-3-5-12(10)21-15(11)22/h2-6H,7-8H2,1H3,(H,21,22). The normalized spacial score (nSPS) is 13.3. The van der Waals surface area contributed by atoms with E-state index in [-0.39, 0.29) is 32.5 Å². The zero-order valence-corrected chi connectivity index (χ0v) is 14.6. The maximum absolute atomic E-state index is 13.0. The second kappa shape index (κ2) is 6.72. The van der Waals surface area contributed by atoms with Crippen molar-refractivity contribution in [3.63, 3.8) is 0 Å². The third-order valence-corrected chi connectivity index (χ3v) is 5.91. The molecule has 0 radical (unpaired) electrons. The van der Waals surface area contributed by atoms with Gasteiger partial charge in [-0.1, -0.05) is 18.2 Å². The number of para-hydroxylation sites is 1. The van der Waals surface area contributed by atoms with Crippen LogP contribution < -0.4 is 5.56 Å². The Kier molecular flexibility index (Phi) is 4.79. The number of nitrogens with zero attached hydrogens (tertiary/aromatic N) is 1. The van der Waals surface area contributed by atoms with Crippen molar-refractivity contribution >= 4 is 33.0 Å². The number of pyridine rings is 1. The maximum Gasteiger partial charge on any atom is 0.434 e. The van der Waals surface area contributed by atoms with E-state index in [9.17, 15) is 22.2 Å². The molecule has 0 spiro atoms. The number of aryl methyl sites for hydroxylation is 1. The van der Waals surface area contributed by atoms with E-state index in [0.29, 0.717) is 5.52 Å². The lowest BCUT2D eigenvalue weighted by molar-refractivity contribution is -0.141. The van der Waals surface area contributed by atoms with Gasteiger partial charge in [0.05, 0.1) is 16.5 Å². The highest BCUT2D eigenvalue weighted by Gasteiger charge is 2.37. The first kappa shape index (κ1) is 17.8. The van der Waals surface area contributed by atoms with E-state index >= 15 is 0 Å². The number of rotatable bonds is 4. The predicted molar refractivity (Wildman–Crippen MR) is 92.0 cm³/mol. The van der Waals surface area contributed by atoms with E-state index < -0.39 is 22.7 Å². The van der Waals surface area contributed by atoms with Gasteiger partial charge < -0.3 is 4.98 Å². The van der Waals surface area contributed by atoms with Crippen molar-refractivity contribution in [3.8, 4) is 0 Å². The molecule has 9 heteroatoms. The van der Waals surface area contributed by atoms with Crippen LogP contribution in [0.5, 0.6) is 0 Å². The van der Waals surface area contributed by atoms with E-state index in [1.165, 1.54) is 6.92 Å². The minimum absolute atomic E-state index is 0.0689. The van der Waals surface area contributed by atoms with Gasteiger partial charge in [-0.25, -0.2) is 4.98 Å². The number of thiazole rings is 1. The van der Waals surface area contributed by atoms with Gasteiger partial charge in [-0.05, 0) is 24.4 Å². The second-order valence-corrected chi connectivity index (χ2v) is 8.19. The van der Waals surface area contributed by atoms with E-state index in [2.05, 4.69) is 9.97 Å². The van der Waals surface area contributed by atoms with Gasteiger partial charge in [-0.2, -0.15) is 13.2 Å². The molecule has 25 heavy (non-hydrogen) atoms. The van der Waals surface area contributed by atoms with Gasteiger partial charge in [-0.15, -0.1) is 11.3 Å². The van der Waals surface area contributed by atoms with E-state index in [0.717, 1.165) is 16.7 Å². The molecule has 0 aliphatic heterocycles. The van der Waals surface area contributed by atoms with Crippen LogP contribution in [-0.4, -0.2) is 14.2 Å². The van der Waals surface area contributed by atoms with Crippen LogP contribution in [0.4, 0.5) is 13.2 Å². The SMILES string of the molecule is Cc1nc(C(F)(F)F)c(CS(=O)Cc2cc3ccccc3[nH]c2=O)s1. The van der Waals surface area contributed by atoms with Gasteiger partial charge in [0, 0.05) is 26.8 Å². The number of fused-ring (bicyclic) bond motifs is 1. The summed E-state index contributed by atoms with van der Waals surface area (Å²) < 4.78 is 51.2. The van der Waals surface area contributed by atoms with E-state index in [4.69, 9.17) is 0 Å². The van der Waals surface area contributed by atoms with Crippen LogP contribution in [0.1, 0.15) is 21.1 Å². The van der Waals surface area contributed by atoms with Gasteiger partial charge in [0.2, 0.25) is 0 Å². The highest BCUT2D eigenvalue weighted by atomic mass is 32.2. The molecular formula is C16H13F3N2O2S2. The maximum atomic E-state index is 13.0. The van der Waals surface area contributed by atoms with Gasteiger partial charge in [-0.3, -0.25) is 9.00 Å². The molecular weight excluding hydrogens is 373 g/mol. The number of alkyl halides is 3. The molecule has 1 unspecified atom stereocenters. The molecule has 0 bridgehead atoms. The summed E-state index contributed by atoms with van der Waals surface area (Å²) in [5.41, 5.74) is -0.439. The first-order valence-electron chi connectivity index (χ1n) is 7.23. The Morgan fingerprint density at radius 1 is 1.24 bits per heavy atom. The summed E-state index contributed by atoms with van der Waals surface area (Å²) in [6.45, 7) is 1.47. The van der Waals surface area contributed by atoms with Crippen molar-refractivity contribution in [2.75, 3.05) is 0 Å². The molecule has 0 amide bonds. The highest BCUT2D eigenvalue weighted by molar-refractivity contribution is 7.83. The van der Waals surface area contributed by atoms with Crippen LogP contribution in [0, 0.1) is 6.92 Å². The summed E-state index contributed by atoms with van der Waals surface area (Å²) >= 11 is 0.877. The van der Waals surface area contributed by atoms with Gasteiger partial charge >= 0.3 is 6.18 Å². The van der Waals surface area contributed by atoms with Crippen LogP contribution in [0.2, 0.25) is 0 Å². The average Bonchev–Trinajstić information content (AvgIpc) is 2.88. The summed E-state index contributed by atoms with van der Waals surface area (Å²) in [7, 11) is -1.66. The largest absolute Gasteiger partial charge is 0.434 e. The molecule has 2 aromatic heterocycles. The highest BCUT2D eigenvalue weighted by Crippen LogP contribution is 2.35. The molecule has 132 valence electrons. The predicted octanol–water partition coefficient (Wildman–Crippen LogP) is 3.76. The van der Waals surface area contributed by atoms with Crippen molar-refractivity contribution in [2.45, 2.75) is 24.6 Å². The van der Waals surface area contributed by atoms with E-state index in [1.54, 1.807) is 30.3 Å². The Hall–Kier alpha value is -2.00. The molecule has 1 N–H and O–H groups in total. The molecule has 0 saturated carbocycles. The summed E-state index contributed by atoms with van der Waals surface area (Å²) in [6, 6.07) is 8.74. The minimum Gasteiger partial charge on any atom is -0.322 e. The number of nitrogens with one attached hydrogen (secondary N) is 1. The van der Waals surface area contributed by atoms with Crippen LogP contribution >= 0.6 is 11.3 Å². The van der Waals surface area contributed by atoms with Crippen LogP contribution in [-0.2, 0) is 28.5 Å². The zero-order valence-electron chi connectivity index (χ0n) is 13.0. The fraction of sp³-hybridized carbons (Fsp3) is 0.250. The molecule has 3 rings (SSSR count). The smallest absolute Gasteiger partial charge is 0.322 e. The summed E-state index contributed by atoms with van der Waals surface area (Å²) in [6.07, 6.45) is -4.58. The van der Waals surface area contributed by atoms with Crippen molar-refractivity contribution in [3.05, 3.63) is 61.8 Å². The number of aromatic amines is 1. The van der Waals surface area contributed by atoms with E-state index in [1.807, 2.05) is 0 Å². The fourth-order valence-electron chi connectivity index (χ4n) is 2.46. The number of H-pyrrole nitrogens is 1. The Balaban J connectivity index is 1.84. The van der Waals surface area contributed by atoms with Crippen LogP contribution in [0.3, 0.4) is 0 Å². The van der Waals surface area contributed by atoms with Gasteiger partial charge in [0.25, 0.3) is 5.56 Å². The molecule has 0 aliphatic rings. The summed E-state index contributed by atoms with van der Waals surface area (Å²) in [5, 5.41) is 1.04. The Morgan fingerprint density at radius 3 is 2.68 bits per heavy atom. The number of hydrogen-bond acceptors (Lipinski definition) is 4. The number of hydrogen-bond donors (Lipinski definition) is 1. The Morgan fingerprint density at radius 2 is 1.96 bits per heavy atom. The zero-order chi connectivity index (χ0) is 18.2. The molecule has 0 saturated heterocycles. The number of aromatic nitrogens is 2. The van der Waals surface area contributed by atoms with Crippen molar-refractivity contribution in [2.24, 2.45) is 0 Å². The lowest BCUT2D eigenvalue weighted by atomic mass is 10.2. The first-order chi connectivity index (χ1) is 11.7. The monoisotopic (exact) mass is 386 g/mol. The van der Waals surface area contributed by atoms with Crippen LogP contribution in [0.25, 0.3) is 10.9 Å².